The normalized spacial score (nSPS) is 17.1. The van der Waals surface area contributed by atoms with E-state index < -0.39 is 0 Å². The molecule has 7 heterocycles. The van der Waals surface area contributed by atoms with Gasteiger partial charge in [0.05, 0.1) is 14.2 Å². The summed E-state index contributed by atoms with van der Waals surface area (Å²) in [4.78, 5) is 9.68. The molecule has 10 aromatic carbocycles. The molecule has 600 valence electrons. The molecular weight excluding hydrogens is 1410 g/mol. The van der Waals surface area contributed by atoms with Gasteiger partial charge in [0.1, 0.15) is 11.5 Å². The van der Waals surface area contributed by atoms with Gasteiger partial charge >= 0.3 is 0 Å². The largest absolute Gasteiger partial charge is 0.508 e. The van der Waals surface area contributed by atoms with Crippen LogP contribution in [0.3, 0.4) is 0 Å². The van der Waals surface area contributed by atoms with Gasteiger partial charge in [-0.1, -0.05) is 119 Å². The van der Waals surface area contributed by atoms with E-state index in [9.17, 15) is 20.4 Å². The van der Waals surface area contributed by atoms with Crippen LogP contribution in [0.5, 0.6) is 34.5 Å². The fourth-order valence-electron chi connectivity index (χ4n) is 17.4. The van der Waals surface area contributed by atoms with Crippen molar-refractivity contribution in [3.63, 3.8) is 0 Å². The highest BCUT2D eigenvalue weighted by Gasteiger charge is 2.36. The summed E-state index contributed by atoms with van der Waals surface area (Å²) < 4.78 is 10.5. The molecule has 113 heavy (non-hydrogen) atoms. The van der Waals surface area contributed by atoms with Crippen LogP contribution in [0, 0.1) is 96.9 Å². The average molecular weight is 1540 g/mol. The Morgan fingerprint density at radius 2 is 0.717 bits per heavy atom. The molecule has 7 aliphatic rings. The fraction of sp³-hybridized carbons (Fsp3) is 0.396. The number of hydrogen-bond donors (Lipinski definition) is 6. The van der Waals surface area contributed by atoms with E-state index in [0.29, 0.717) is 35.1 Å². The Kier molecular flexibility index (Phi) is 29.4. The van der Waals surface area contributed by atoms with Crippen LogP contribution in [-0.4, -0.2) is 82.9 Å². The second-order valence-electron chi connectivity index (χ2n) is 32.4. The van der Waals surface area contributed by atoms with E-state index >= 15 is 0 Å². The van der Waals surface area contributed by atoms with Crippen molar-refractivity contribution in [3.05, 3.63) is 312 Å². The molecular formula is C101H128ClN5O6. The highest BCUT2D eigenvalue weighted by Crippen LogP contribution is 2.45. The number of hydrogen-bond acceptors (Lipinski definition) is 11. The van der Waals surface area contributed by atoms with Crippen molar-refractivity contribution < 1.29 is 29.9 Å². The van der Waals surface area contributed by atoms with Crippen LogP contribution in [0.2, 0.25) is 0 Å². The monoisotopic (exact) mass is 1540 g/mol. The van der Waals surface area contributed by atoms with Gasteiger partial charge in [0.15, 0.2) is 23.0 Å². The number of phenols is 4. The summed E-state index contributed by atoms with van der Waals surface area (Å²) >= 11 is 0. The van der Waals surface area contributed by atoms with E-state index in [1.54, 1.807) is 14.2 Å². The SMILES string of the molecule is C.C.C.COc1cc2c(cc1O)CN1CCc3cc(C)c(O)cc3[C@@H]1C2.COc1cc2c(cc1O)CN1CCc3cc(C)c(O)cc3[C@H]1C2.Cc1ccc(CC2=NCCc3cc(C)c(C)cc32)cc1C.Cc1ccc(C[C@@H]2NCCc3cc(C)c(C)cc32)cc1C.Cc1ccc(C[C@H]2NCCc3cc(C)c(C)cc32)cc1C.Cl. The summed E-state index contributed by atoms with van der Waals surface area (Å²) in [6.07, 6.45) is 10.2. The molecule has 7 aliphatic heterocycles. The number of nitrogens with zero attached hydrogens (tertiary/aromatic N) is 3. The number of methoxy groups -OCH3 is 2. The molecule has 12 heteroatoms. The molecule has 0 spiro atoms. The summed E-state index contributed by atoms with van der Waals surface area (Å²) in [5, 5.41) is 47.6. The zero-order valence-corrected chi connectivity index (χ0v) is 68.8. The average Bonchev–Trinajstić information content (AvgIpc) is 0.764. The Balaban J connectivity index is 0.000000161. The number of halogens is 1. The van der Waals surface area contributed by atoms with Gasteiger partial charge in [0, 0.05) is 69.0 Å². The Hall–Kier alpha value is -9.20. The molecule has 17 rings (SSSR count). The maximum atomic E-state index is 10.1. The fourth-order valence-corrected chi connectivity index (χ4v) is 17.4. The predicted molar refractivity (Wildman–Crippen MR) is 474 cm³/mol. The maximum Gasteiger partial charge on any atom is 0.160 e. The molecule has 0 amide bonds. The van der Waals surface area contributed by atoms with Crippen molar-refractivity contribution in [2.24, 2.45) is 4.99 Å². The number of aromatic hydroxyl groups is 4. The van der Waals surface area contributed by atoms with Gasteiger partial charge in [0.2, 0.25) is 0 Å². The summed E-state index contributed by atoms with van der Waals surface area (Å²) in [5.74, 6) is 2.21. The third kappa shape index (κ3) is 19.8. The number of ether oxygens (including phenoxy) is 2. The van der Waals surface area contributed by atoms with E-state index in [2.05, 4.69) is 207 Å². The molecule has 10 aromatic rings. The lowest BCUT2D eigenvalue weighted by Crippen LogP contribution is -2.39. The number of fused-ring (bicyclic) bond motifs is 11. The van der Waals surface area contributed by atoms with Crippen molar-refractivity contribution in [2.75, 3.05) is 46.9 Å². The summed E-state index contributed by atoms with van der Waals surface area (Å²) in [6, 6.07) is 51.8. The third-order valence-electron chi connectivity index (χ3n) is 24.9. The first-order valence-electron chi connectivity index (χ1n) is 39.7. The van der Waals surface area contributed by atoms with Crippen molar-refractivity contribution in [1.82, 2.24) is 20.4 Å². The van der Waals surface area contributed by atoms with Gasteiger partial charge in [-0.25, -0.2) is 0 Å². The predicted octanol–water partition coefficient (Wildman–Crippen LogP) is 21.7. The Labute approximate surface area is 683 Å². The second-order valence-corrected chi connectivity index (χ2v) is 32.4. The zero-order chi connectivity index (χ0) is 77.2. The first kappa shape index (κ1) is 87.8. The molecule has 6 N–H and O–H groups in total. The van der Waals surface area contributed by atoms with E-state index in [1.807, 2.05) is 50.2 Å². The standard InChI is InChI=1S/2C20H25N.C20H23N.2C19H21NO3.3CH4.ClH/c3*1-13-5-6-17(9-14(13)2)12-20-19-11-16(4)15(3)10-18(19)7-8-21-20;2*1-11-5-12-3-4-20-10-14-7-18(22)19(23-2)8-13(14)6-16(20)15(12)9-17(11)21;;;;/h2*5-6,9-11,20-21H,7-8,12H2,1-4H3;5-6,9-11H,7-8,12H2,1-4H3;2*5,7-9,16,21-22H,3-4,6,10H2,1-2H3;3*1H4;1H/t2*20-;;2*16-;;;;/m10.10..../s1. The molecule has 0 aliphatic carbocycles. The van der Waals surface area contributed by atoms with Crippen LogP contribution >= 0.6 is 12.4 Å². The number of phenolic OH excluding ortho intramolecular Hbond substituents is 4. The molecule has 0 radical (unpaired) electrons. The second kappa shape index (κ2) is 37.8. The minimum Gasteiger partial charge on any atom is -0.508 e. The zero-order valence-electron chi connectivity index (χ0n) is 68.0. The summed E-state index contributed by atoms with van der Waals surface area (Å²) in [5.41, 5.74) is 42.8. The van der Waals surface area contributed by atoms with Gasteiger partial charge in [-0.05, 0) is 383 Å². The van der Waals surface area contributed by atoms with Crippen LogP contribution < -0.4 is 20.1 Å². The van der Waals surface area contributed by atoms with Gasteiger partial charge < -0.3 is 40.5 Å². The minimum atomic E-state index is 0. The van der Waals surface area contributed by atoms with Gasteiger partial charge in [-0.15, -0.1) is 12.4 Å². The molecule has 0 saturated heterocycles. The number of benzene rings is 10. The Morgan fingerprint density at radius 1 is 0.354 bits per heavy atom. The maximum absolute atomic E-state index is 10.1. The minimum absolute atomic E-state index is 0. The van der Waals surface area contributed by atoms with E-state index in [1.165, 1.54) is 167 Å². The Morgan fingerprint density at radius 3 is 1.13 bits per heavy atom. The van der Waals surface area contributed by atoms with Crippen LogP contribution in [0.1, 0.15) is 219 Å². The first-order chi connectivity index (χ1) is 52.3. The van der Waals surface area contributed by atoms with Crippen LogP contribution in [0.15, 0.2) is 145 Å². The van der Waals surface area contributed by atoms with E-state index in [4.69, 9.17) is 14.5 Å². The highest BCUT2D eigenvalue weighted by molar-refractivity contribution is 6.04. The van der Waals surface area contributed by atoms with Crippen molar-refractivity contribution in [1.29, 1.82) is 0 Å². The lowest BCUT2D eigenvalue weighted by atomic mass is 9.83. The van der Waals surface area contributed by atoms with Crippen LogP contribution in [0.25, 0.3) is 0 Å². The van der Waals surface area contributed by atoms with Crippen LogP contribution in [-0.2, 0) is 77.3 Å². The molecule has 0 fully saturated rings. The lowest BCUT2D eigenvalue weighted by Gasteiger charge is -2.41. The number of aryl methyl sites for hydroxylation is 14. The molecule has 0 aromatic heterocycles. The topological polar surface area (TPSA) is 142 Å². The highest BCUT2D eigenvalue weighted by atomic mass is 35.5. The van der Waals surface area contributed by atoms with Gasteiger partial charge in [-0.3, -0.25) is 14.8 Å². The van der Waals surface area contributed by atoms with Gasteiger partial charge in [-0.2, -0.15) is 0 Å². The molecule has 11 nitrogen and oxygen atoms in total. The molecule has 0 saturated carbocycles. The van der Waals surface area contributed by atoms with E-state index in [0.717, 1.165) is 121 Å². The van der Waals surface area contributed by atoms with Crippen molar-refractivity contribution in [2.45, 2.75) is 221 Å². The summed E-state index contributed by atoms with van der Waals surface area (Å²) in [6.45, 7) is 37.1. The van der Waals surface area contributed by atoms with Gasteiger partial charge in [0.25, 0.3) is 0 Å². The van der Waals surface area contributed by atoms with Crippen LogP contribution in [0.4, 0.5) is 0 Å². The lowest BCUT2D eigenvalue weighted by molar-refractivity contribution is 0.160. The molecule has 0 unspecified atom stereocenters. The number of aliphatic imine (C=N–C) groups is 1. The Bertz CT molecular complexity index is 4860. The first-order valence-corrected chi connectivity index (χ1v) is 39.7. The number of nitrogens with one attached hydrogen (secondary N) is 2. The van der Waals surface area contributed by atoms with E-state index in [-0.39, 0.29) is 58.3 Å². The molecule has 4 atom stereocenters. The summed E-state index contributed by atoms with van der Waals surface area (Å²) in [7, 11) is 3.15. The van der Waals surface area contributed by atoms with Crippen molar-refractivity contribution in [3.8, 4) is 34.5 Å². The third-order valence-corrected chi connectivity index (χ3v) is 24.9. The number of rotatable bonds is 8. The molecule has 0 bridgehead atoms. The smallest absolute Gasteiger partial charge is 0.160 e. The van der Waals surface area contributed by atoms with Crippen molar-refractivity contribution >= 4 is 18.1 Å². The quantitative estimate of drug-likeness (QED) is 0.0871.